The highest BCUT2D eigenvalue weighted by atomic mass is 19.3. The third-order valence-corrected chi connectivity index (χ3v) is 5.21. The quantitative estimate of drug-likeness (QED) is 0.595. The highest BCUT2D eigenvalue weighted by Gasteiger charge is 2.29. The Morgan fingerprint density at radius 1 is 1.16 bits per heavy atom. The molecule has 0 saturated carbocycles. The summed E-state index contributed by atoms with van der Waals surface area (Å²) in [5.74, 6) is 0.126. The van der Waals surface area contributed by atoms with Crippen molar-refractivity contribution in [3.63, 3.8) is 0 Å². The molecule has 8 heteroatoms. The number of piperidine rings is 1. The minimum absolute atomic E-state index is 0.126. The maximum absolute atomic E-state index is 13.4. The number of rotatable bonds is 5. The Bertz CT molecular complexity index is 896. The van der Waals surface area contributed by atoms with Crippen LogP contribution in [-0.2, 0) is 4.74 Å². The second-order valence-corrected chi connectivity index (χ2v) is 8.93. The number of carbonyl (C=O) groups excluding carboxylic acids is 1. The van der Waals surface area contributed by atoms with Crippen LogP contribution >= 0.6 is 0 Å². The molecule has 1 aliphatic rings. The summed E-state index contributed by atoms with van der Waals surface area (Å²) in [7, 11) is 0. The summed E-state index contributed by atoms with van der Waals surface area (Å²) >= 11 is 0. The summed E-state index contributed by atoms with van der Waals surface area (Å²) < 4.78 is 39.0. The van der Waals surface area contributed by atoms with Crippen molar-refractivity contribution in [2.24, 2.45) is 0 Å². The van der Waals surface area contributed by atoms with E-state index >= 15 is 0 Å². The molecule has 0 spiro atoms. The van der Waals surface area contributed by atoms with Gasteiger partial charge in [-0.3, -0.25) is 4.68 Å². The van der Waals surface area contributed by atoms with Gasteiger partial charge in [-0.1, -0.05) is 6.92 Å². The normalized spacial score (nSPS) is 15.8. The lowest BCUT2D eigenvalue weighted by Crippen LogP contribution is -2.42. The van der Waals surface area contributed by atoms with Gasteiger partial charge in [-0.2, -0.15) is 13.9 Å². The van der Waals surface area contributed by atoms with Crippen molar-refractivity contribution in [3.8, 4) is 17.0 Å². The first-order chi connectivity index (χ1) is 14.5. The summed E-state index contributed by atoms with van der Waals surface area (Å²) in [6.07, 6.45) is -2.25. The fourth-order valence-corrected chi connectivity index (χ4v) is 3.56. The molecule has 6 nitrogen and oxygen atoms in total. The number of nitrogens with zero attached hydrogens (tertiary/aromatic N) is 3. The van der Waals surface area contributed by atoms with Crippen LogP contribution in [0.1, 0.15) is 58.7 Å². The maximum Gasteiger partial charge on any atom is 0.410 e. The van der Waals surface area contributed by atoms with Gasteiger partial charge in [0.2, 0.25) is 0 Å². The van der Waals surface area contributed by atoms with Crippen LogP contribution in [0.25, 0.3) is 11.3 Å². The molecule has 1 amide bonds. The molecular formula is C23H31F2N3O3. The van der Waals surface area contributed by atoms with Gasteiger partial charge in [-0.05, 0) is 70.9 Å². The number of carbonyl (C=O) groups is 1. The fraction of sp³-hybridized carbons (Fsp3) is 0.565. The molecule has 170 valence electrons. The van der Waals surface area contributed by atoms with Gasteiger partial charge in [0, 0.05) is 30.8 Å². The highest BCUT2D eigenvalue weighted by molar-refractivity contribution is 5.68. The van der Waals surface area contributed by atoms with Gasteiger partial charge in [-0.25, -0.2) is 4.79 Å². The number of aryl methyl sites for hydroxylation is 1. The third kappa shape index (κ3) is 5.95. The minimum atomic E-state index is -3.17. The van der Waals surface area contributed by atoms with E-state index in [1.165, 1.54) is 19.1 Å². The van der Waals surface area contributed by atoms with Crippen molar-refractivity contribution < 1.29 is 23.0 Å². The van der Waals surface area contributed by atoms with E-state index in [0.29, 0.717) is 13.1 Å². The van der Waals surface area contributed by atoms with Crippen LogP contribution in [0.5, 0.6) is 5.75 Å². The topological polar surface area (TPSA) is 56.6 Å². The standard InChI is InChI=1S/C23H31F2N3O3/c1-6-23(24,25)30-19-9-7-17(8-10-19)20-15-16(2)28(26-20)18-11-13-27(14-12-18)21(29)31-22(3,4)5/h7-10,15,18H,6,11-14H2,1-5H3. The van der Waals surface area contributed by atoms with Crippen molar-refractivity contribution in [1.29, 1.82) is 0 Å². The molecule has 0 N–H and O–H groups in total. The Morgan fingerprint density at radius 2 is 1.77 bits per heavy atom. The van der Waals surface area contributed by atoms with Crippen LogP contribution in [0.15, 0.2) is 30.3 Å². The molecule has 0 atom stereocenters. The molecule has 1 saturated heterocycles. The Morgan fingerprint density at radius 3 is 2.32 bits per heavy atom. The largest absolute Gasteiger partial charge is 0.444 e. The zero-order valence-corrected chi connectivity index (χ0v) is 18.8. The number of ether oxygens (including phenoxy) is 2. The average molecular weight is 436 g/mol. The van der Waals surface area contributed by atoms with Gasteiger partial charge in [0.15, 0.2) is 0 Å². The van der Waals surface area contributed by atoms with Crippen molar-refractivity contribution in [2.75, 3.05) is 13.1 Å². The van der Waals surface area contributed by atoms with Gasteiger partial charge < -0.3 is 14.4 Å². The predicted molar refractivity (Wildman–Crippen MR) is 114 cm³/mol. The van der Waals surface area contributed by atoms with Gasteiger partial charge in [0.05, 0.1) is 11.7 Å². The Hall–Kier alpha value is -2.64. The van der Waals surface area contributed by atoms with Crippen LogP contribution in [0.3, 0.4) is 0 Å². The monoisotopic (exact) mass is 435 g/mol. The summed E-state index contributed by atoms with van der Waals surface area (Å²) in [4.78, 5) is 14.0. The van der Waals surface area contributed by atoms with E-state index in [2.05, 4.69) is 0 Å². The van der Waals surface area contributed by atoms with Gasteiger partial charge in [0.25, 0.3) is 0 Å². The fourth-order valence-electron chi connectivity index (χ4n) is 3.56. The number of amides is 1. The maximum atomic E-state index is 13.4. The van der Waals surface area contributed by atoms with E-state index in [1.54, 1.807) is 17.0 Å². The molecule has 0 bridgehead atoms. The zero-order valence-electron chi connectivity index (χ0n) is 18.8. The summed E-state index contributed by atoms with van der Waals surface area (Å²) in [6, 6.07) is 8.71. The molecule has 1 aliphatic heterocycles. The van der Waals surface area contributed by atoms with Crippen molar-refractivity contribution in [1.82, 2.24) is 14.7 Å². The first-order valence-corrected chi connectivity index (χ1v) is 10.7. The third-order valence-electron chi connectivity index (χ3n) is 5.21. The molecule has 3 rings (SSSR count). The number of aromatic nitrogens is 2. The van der Waals surface area contributed by atoms with Gasteiger partial charge in [-0.15, -0.1) is 0 Å². The van der Waals surface area contributed by atoms with Gasteiger partial charge >= 0.3 is 12.2 Å². The van der Waals surface area contributed by atoms with E-state index in [0.717, 1.165) is 29.8 Å². The summed E-state index contributed by atoms with van der Waals surface area (Å²) in [5, 5.41) is 4.75. The SMILES string of the molecule is CCC(F)(F)Oc1ccc(-c2cc(C)n(C3CCN(C(=O)OC(C)(C)C)CC3)n2)cc1. The lowest BCUT2D eigenvalue weighted by molar-refractivity contribution is -0.177. The molecule has 1 aromatic carbocycles. The lowest BCUT2D eigenvalue weighted by Gasteiger charge is -2.33. The highest BCUT2D eigenvalue weighted by Crippen LogP contribution is 2.30. The molecule has 0 aliphatic carbocycles. The first-order valence-electron chi connectivity index (χ1n) is 10.7. The number of likely N-dealkylation sites (tertiary alicyclic amines) is 1. The minimum Gasteiger partial charge on any atom is -0.444 e. The lowest BCUT2D eigenvalue weighted by atomic mass is 10.1. The van der Waals surface area contributed by atoms with E-state index in [9.17, 15) is 13.6 Å². The van der Waals surface area contributed by atoms with Crippen LogP contribution in [0.2, 0.25) is 0 Å². The van der Waals surface area contributed by atoms with E-state index in [4.69, 9.17) is 14.6 Å². The van der Waals surface area contributed by atoms with Crippen LogP contribution in [0.4, 0.5) is 13.6 Å². The molecule has 2 heterocycles. The second-order valence-electron chi connectivity index (χ2n) is 8.93. The van der Waals surface area contributed by atoms with E-state index in [1.807, 2.05) is 38.4 Å². The number of alkyl halides is 2. The smallest absolute Gasteiger partial charge is 0.410 e. The molecule has 1 aromatic heterocycles. The average Bonchev–Trinajstić information content (AvgIpc) is 3.09. The number of hydrogen-bond acceptors (Lipinski definition) is 4. The first kappa shape index (κ1) is 23.0. The molecule has 31 heavy (non-hydrogen) atoms. The molecule has 1 fully saturated rings. The predicted octanol–water partition coefficient (Wildman–Crippen LogP) is 5.81. The number of benzene rings is 1. The van der Waals surface area contributed by atoms with Gasteiger partial charge in [0.1, 0.15) is 11.4 Å². The second kappa shape index (κ2) is 8.85. The summed E-state index contributed by atoms with van der Waals surface area (Å²) in [6.45, 7) is 10.2. The molecule has 2 aromatic rings. The van der Waals surface area contributed by atoms with Crippen LogP contribution < -0.4 is 4.74 Å². The molecule has 0 radical (unpaired) electrons. The number of hydrogen-bond donors (Lipinski definition) is 0. The van der Waals surface area contributed by atoms with Crippen molar-refractivity contribution >= 4 is 6.09 Å². The molecular weight excluding hydrogens is 404 g/mol. The number of halogens is 2. The Balaban J connectivity index is 1.65. The zero-order chi connectivity index (χ0) is 22.8. The van der Waals surface area contributed by atoms with E-state index < -0.39 is 11.7 Å². The Labute approximate surface area is 182 Å². The van der Waals surface area contributed by atoms with Crippen LogP contribution in [-0.4, -0.2) is 45.6 Å². The van der Waals surface area contributed by atoms with Crippen molar-refractivity contribution in [2.45, 2.75) is 71.6 Å². The Kier molecular flexibility index (Phi) is 6.57. The summed E-state index contributed by atoms with van der Waals surface area (Å²) in [5.41, 5.74) is 2.12. The van der Waals surface area contributed by atoms with Crippen LogP contribution in [0, 0.1) is 6.92 Å². The van der Waals surface area contributed by atoms with E-state index in [-0.39, 0.29) is 24.3 Å². The van der Waals surface area contributed by atoms with Crippen molar-refractivity contribution in [3.05, 3.63) is 36.0 Å². The molecule has 0 unspecified atom stereocenters.